The molecule has 48 heavy (non-hydrogen) atoms. The number of rotatable bonds is 3. The SMILES string of the molecule is C1=CC(c2ccccc2)(c2ccc(N3CCCCC3)cc2)Oc2c1c1c(c3ccccc23)-c2ccccc2C12C1CC3CC(C1)CC2C3. The number of ether oxygens (including phenoxy) is 1. The maximum Gasteiger partial charge on any atom is 0.178 e. The van der Waals surface area contributed by atoms with Gasteiger partial charge in [-0.15, -0.1) is 0 Å². The second-order valence-corrected chi connectivity index (χ2v) is 15.9. The molecule has 2 nitrogen and oxygen atoms in total. The fourth-order valence-corrected chi connectivity index (χ4v) is 12.0. The van der Waals surface area contributed by atoms with E-state index in [4.69, 9.17) is 4.74 Å². The maximum absolute atomic E-state index is 7.70. The topological polar surface area (TPSA) is 12.5 Å². The molecule has 5 fully saturated rings. The zero-order chi connectivity index (χ0) is 31.5. The molecule has 12 rings (SSSR count). The van der Waals surface area contributed by atoms with E-state index in [-0.39, 0.29) is 5.41 Å². The second kappa shape index (κ2) is 10.1. The number of hydrogen-bond donors (Lipinski definition) is 0. The number of nitrogens with zero attached hydrogens (tertiary/aromatic N) is 1. The minimum Gasteiger partial charge on any atom is -0.472 e. The molecule has 0 radical (unpaired) electrons. The lowest BCUT2D eigenvalue weighted by Crippen LogP contribution is -2.55. The molecule has 4 bridgehead atoms. The molecule has 1 saturated heterocycles. The van der Waals surface area contributed by atoms with Crippen LogP contribution in [0.3, 0.4) is 0 Å². The van der Waals surface area contributed by atoms with Crippen molar-refractivity contribution in [1.82, 2.24) is 0 Å². The van der Waals surface area contributed by atoms with Crippen molar-refractivity contribution < 1.29 is 4.74 Å². The Morgan fingerprint density at radius 2 is 1.25 bits per heavy atom. The van der Waals surface area contributed by atoms with Crippen LogP contribution in [0.15, 0.2) is 109 Å². The summed E-state index contributed by atoms with van der Waals surface area (Å²) in [7, 11) is 0. The number of fused-ring (bicyclic) bond motifs is 8. The van der Waals surface area contributed by atoms with E-state index in [0.717, 1.165) is 30.7 Å². The summed E-state index contributed by atoms with van der Waals surface area (Å²) in [6, 6.07) is 38.9. The van der Waals surface area contributed by atoms with E-state index in [1.165, 1.54) is 95.6 Å². The van der Waals surface area contributed by atoms with E-state index in [0.29, 0.717) is 11.8 Å². The summed E-state index contributed by atoms with van der Waals surface area (Å²) in [6.45, 7) is 2.30. The van der Waals surface area contributed by atoms with Gasteiger partial charge in [-0.25, -0.2) is 0 Å². The molecule has 0 amide bonds. The van der Waals surface area contributed by atoms with Crippen LogP contribution in [0.1, 0.15) is 79.2 Å². The lowest BCUT2D eigenvalue weighted by molar-refractivity contribution is -0.0401. The first-order valence-electron chi connectivity index (χ1n) is 18.7. The van der Waals surface area contributed by atoms with Crippen molar-refractivity contribution in [3.8, 4) is 16.9 Å². The summed E-state index contributed by atoms with van der Waals surface area (Å²) in [5.41, 5.74) is 10.5. The maximum atomic E-state index is 7.70. The van der Waals surface area contributed by atoms with Crippen LogP contribution < -0.4 is 9.64 Å². The van der Waals surface area contributed by atoms with Gasteiger partial charge < -0.3 is 9.64 Å². The Morgan fingerprint density at radius 3 is 2.00 bits per heavy atom. The molecule has 0 N–H and O–H groups in total. The van der Waals surface area contributed by atoms with Crippen LogP contribution in [0, 0.1) is 23.7 Å². The lowest BCUT2D eigenvalue weighted by Gasteiger charge is -2.61. The van der Waals surface area contributed by atoms with Crippen LogP contribution in [0.5, 0.6) is 5.75 Å². The average molecular weight is 626 g/mol. The van der Waals surface area contributed by atoms with Crippen molar-refractivity contribution in [2.24, 2.45) is 23.7 Å². The van der Waals surface area contributed by atoms with Gasteiger partial charge in [0, 0.05) is 46.3 Å². The van der Waals surface area contributed by atoms with E-state index >= 15 is 0 Å². The first kappa shape index (κ1) is 27.6. The number of piperidine rings is 1. The minimum atomic E-state index is -0.714. The number of anilines is 1. The van der Waals surface area contributed by atoms with Crippen molar-refractivity contribution >= 4 is 22.5 Å². The van der Waals surface area contributed by atoms with Gasteiger partial charge in [0.05, 0.1) is 0 Å². The summed E-state index contributed by atoms with van der Waals surface area (Å²) < 4.78 is 7.70. The Bertz CT molecular complexity index is 2070. The van der Waals surface area contributed by atoms with Gasteiger partial charge >= 0.3 is 0 Å². The third-order valence-electron chi connectivity index (χ3n) is 13.7. The Morgan fingerprint density at radius 1 is 0.604 bits per heavy atom. The Hall–Kier alpha value is -4.30. The quantitative estimate of drug-likeness (QED) is 0.198. The van der Waals surface area contributed by atoms with Crippen LogP contribution in [0.4, 0.5) is 5.69 Å². The minimum absolute atomic E-state index is 0.0734. The second-order valence-electron chi connectivity index (χ2n) is 15.9. The first-order chi connectivity index (χ1) is 23.7. The summed E-state index contributed by atoms with van der Waals surface area (Å²) in [6.07, 6.45) is 15.8. The molecule has 0 aromatic heterocycles. The monoisotopic (exact) mass is 625 g/mol. The predicted octanol–water partition coefficient (Wildman–Crippen LogP) is 10.9. The summed E-state index contributed by atoms with van der Waals surface area (Å²) in [4.78, 5) is 2.55. The summed E-state index contributed by atoms with van der Waals surface area (Å²) in [5.74, 6) is 4.31. The highest BCUT2D eigenvalue weighted by atomic mass is 16.5. The van der Waals surface area contributed by atoms with Crippen LogP contribution in [-0.4, -0.2) is 13.1 Å². The fraction of sp³-hybridized carbons (Fsp3) is 0.348. The molecule has 5 aromatic carbocycles. The fourth-order valence-electron chi connectivity index (χ4n) is 12.0. The largest absolute Gasteiger partial charge is 0.472 e. The van der Waals surface area contributed by atoms with Gasteiger partial charge in [0.25, 0.3) is 0 Å². The molecule has 2 heterocycles. The van der Waals surface area contributed by atoms with Crippen LogP contribution in [0.25, 0.3) is 28.0 Å². The van der Waals surface area contributed by atoms with Gasteiger partial charge in [0.2, 0.25) is 0 Å². The molecule has 1 spiro atoms. The standard InChI is InChI=1S/C46H43NO/c1-3-11-32(12-4-1)45(33-17-19-36(20-18-33)47-23-9-2-10-24-47)22-21-40-43-42(37-13-5-6-14-38(37)44(40)48-45)39-15-7-8-16-41(39)46(43)34-26-30-25-31(28-34)29-35(46)27-30/h1,3-8,11-22,30-31,34-35H,2,9-10,23-29H2. The number of benzene rings is 5. The molecule has 5 aromatic rings. The van der Waals surface area contributed by atoms with Crippen LogP contribution in [0.2, 0.25) is 0 Å². The van der Waals surface area contributed by atoms with Gasteiger partial charge in [0.15, 0.2) is 5.60 Å². The molecule has 7 aliphatic rings. The molecule has 5 aliphatic carbocycles. The van der Waals surface area contributed by atoms with Crippen molar-refractivity contribution in [2.75, 3.05) is 18.0 Å². The molecular formula is C46H43NO. The van der Waals surface area contributed by atoms with E-state index in [1.54, 1.807) is 11.1 Å². The van der Waals surface area contributed by atoms with Gasteiger partial charge in [-0.05, 0) is 121 Å². The Labute approximate surface area is 284 Å². The predicted molar refractivity (Wildman–Crippen MR) is 197 cm³/mol. The molecule has 4 saturated carbocycles. The highest BCUT2D eigenvalue weighted by Gasteiger charge is 2.63. The van der Waals surface area contributed by atoms with Crippen molar-refractivity contribution in [3.63, 3.8) is 0 Å². The first-order valence-corrected chi connectivity index (χ1v) is 18.7. The zero-order valence-electron chi connectivity index (χ0n) is 27.7. The molecular weight excluding hydrogens is 583 g/mol. The van der Waals surface area contributed by atoms with Crippen molar-refractivity contribution in [2.45, 2.75) is 62.4 Å². The van der Waals surface area contributed by atoms with Gasteiger partial charge in [-0.1, -0.05) is 97.1 Å². The average Bonchev–Trinajstić information content (AvgIpc) is 3.46. The highest BCUT2D eigenvalue weighted by Crippen LogP contribution is 2.71. The van der Waals surface area contributed by atoms with Gasteiger partial charge in [0.1, 0.15) is 5.75 Å². The molecule has 238 valence electrons. The smallest absolute Gasteiger partial charge is 0.178 e. The summed E-state index contributed by atoms with van der Waals surface area (Å²) >= 11 is 0. The van der Waals surface area contributed by atoms with Crippen LogP contribution >= 0.6 is 0 Å². The lowest BCUT2D eigenvalue weighted by atomic mass is 9.42. The number of hydrogen-bond acceptors (Lipinski definition) is 2. The van der Waals surface area contributed by atoms with E-state index in [2.05, 4.69) is 120 Å². The highest BCUT2D eigenvalue weighted by molar-refractivity contribution is 6.08. The Balaban J connectivity index is 1.15. The van der Waals surface area contributed by atoms with Gasteiger partial charge in [-0.3, -0.25) is 0 Å². The third-order valence-corrected chi connectivity index (χ3v) is 13.7. The third kappa shape index (κ3) is 3.59. The van der Waals surface area contributed by atoms with Gasteiger partial charge in [-0.2, -0.15) is 0 Å². The molecule has 1 atom stereocenters. The normalized spacial score (nSPS) is 30.7. The van der Waals surface area contributed by atoms with Crippen molar-refractivity contribution in [3.05, 3.63) is 137 Å². The van der Waals surface area contributed by atoms with Crippen LogP contribution in [-0.2, 0) is 11.0 Å². The summed E-state index contributed by atoms with van der Waals surface area (Å²) in [5, 5.41) is 2.58. The molecule has 2 heteroatoms. The molecule has 1 unspecified atom stereocenters. The van der Waals surface area contributed by atoms with E-state index < -0.39 is 5.60 Å². The molecule has 2 aliphatic heterocycles. The van der Waals surface area contributed by atoms with E-state index in [1.807, 2.05) is 0 Å². The van der Waals surface area contributed by atoms with E-state index in [9.17, 15) is 0 Å². The zero-order valence-corrected chi connectivity index (χ0v) is 27.7. The van der Waals surface area contributed by atoms with Crippen molar-refractivity contribution in [1.29, 1.82) is 0 Å². The Kier molecular flexibility index (Phi) is 5.82.